The zero-order chi connectivity index (χ0) is 23.9. The van der Waals surface area contributed by atoms with Crippen LogP contribution in [-0.4, -0.2) is 49.7 Å². The van der Waals surface area contributed by atoms with Crippen LogP contribution in [0.25, 0.3) is 0 Å². The van der Waals surface area contributed by atoms with Gasteiger partial charge in [0.2, 0.25) is 0 Å². The highest BCUT2D eigenvalue weighted by molar-refractivity contribution is 5.89. The van der Waals surface area contributed by atoms with E-state index in [4.69, 9.17) is 0 Å². The summed E-state index contributed by atoms with van der Waals surface area (Å²) in [6.07, 6.45) is 0. The van der Waals surface area contributed by atoms with Crippen molar-refractivity contribution >= 4 is 11.9 Å². The summed E-state index contributed by atoms with van der Waals surface area (Å²) in [5, 5.41) is 0. The summed E-state index contributed by atoms with van der Waals surface area (Å²) >= 11 is 0. The summed E-state index contributed by atoms with van der Waals surface area (Å²) in [6.45, 7) is 0. The lowest BCUT2D eigenvalue weighted by atomic mass is 9.76. The Hall–Kier alpha value is -3.44. The van der Waals surface area contributed by atoms with Gasteiger partial charge in [-0.2, -0.15) is 26.3 Å². The highest BCUT2D eigenvalue weighted by Gasteiger charge is 3.03. The zero-order valence-electron chi connectivity index (χ0n) is 16.3. The van der Waals surface area contributed by atoms with Crippen molar-refractivity contribution < 1.29 is 54.9 Å². The fourth-order valence-electron chi connectivity index (χ4n) is 2.88. The lowest BCUT2D eigenvalue weighted by molar-refractivity contribution is -0.527. The van der Waals surface area contributed by atoms with Crippen LogP contribution in [0.2, 0.25) is 0 Å². The molecule has 1 aliphatic rings. The van der Waals surface area contributed by atoms with Gasteiger partial charge in [0.15, 0.2) is 0 Å². The summed E-state index contributed by atoms with van der Waals surface area (Å²) in [4.78, 5) is 22.8. The van der Waals surface area contributed by atoms with Crippen molar-refractivity contribution in [1.29, 1.82) is 0 Å². The molecular formula is C20H14F6O6. The Bertz CT molecular complexity index is 942. The molecule has 12 heteroatoms. The molecule has 0 spiro atoms. The Morgan fingerprint density at radius 2 is 0.875 bits per heavy atom. The smallest absolute Gasteiger partial charge is 0.395 e. The normalized spacial score (nSPS) is 25.2. The van der Waals surface area contributed by atoms with Crippen LogP contribution in [0.15, 0.2) is 48.5 Å². The van der Waals surface area contributed by atoms with Crippen molar-refractivity contribution in [2.45, 2.75) is 23.6 Å². The number of carbonyl (C=O) groups is 2. The van der Waals surface area contributed by atoms with E-state index < -0.39 is 47.0 Å². The van der Waals surface area contributed by atoms with E-state index in [9.17, 15) is 27.2 Å². The molecule has 0 heterocycles. The van der Waals surface area contributed by atoms with Crippen LogP contribution >= 0.6 is 0 Å². The van der Waals surface area contributed by atoms with Crippen molar-refractivity contribution in [3.05, 3.63) is 59.7 Å². The van der Waals surface area contributed by atoms with Gasteiger partial charge in [0.1, 0.15) is 11.5 Å². The lowest BCUT2D eigenvalue weighted by Gasteiger charge is -2.55. The monoisotopic (exact) mass is 464 g/mol. The minimum atomic E-state index is -5.62. The maximum absolute atomic E-state index is 15.1. The van der Waals surface area contributed by atoms with Crippen molar-refractivity contribution in [2.75, 3.05) is 14.2 Å². The number of hydrogen-bond donors (Lipinski definition) is 0. The first-order valence-electron chi connectivity index (χ1n) is 8.73. The minimum absolute atomic E-state index is 0.0908. The number of hydrogen-bond acceptors (Lipinski definition) is 6. The molecule has 0 N–H and O–H groups in total. The summed E-state index contributed by atoms with van der Waals surface area (Å²) in [6, 6.07) is 6.99. The topological polar surface area (TPSA) is 71.1 Å². The number of carbonyl (C=O) groups excluding carboxylic acids is 2. The summed E-state index contributed by atoms with van der Waals surface area (Å²) in [5.74, 6) is -24.4. The van der Waals surface area contributed by atoms with Gasteiger partial charge in [-0.15, -0.1) is 0 Å². The Balaban J connectivity index is 1.92. The Morgan fingerprint density at radius 1 is 0.594 bits per heavy atom. The van der Waals surface area contributed by atoms with Gasteiger partial charge in [-0.3, -0.25) is 0 Å². The molecule has 6 nitrogen and oxygen atoms in total. The highest BCUT2D eigenvalue weighted by atomic mass is 19.3. The molecule has 2 aromatic carbocycles. The third-order valence-electron chi connectivity index (χ3n) is 4.68. The van der Waals surface area contributed by atoms with Crippen LogP contribution in [0.3, 0.4) is 0 Å². The minimum Gasteiger partial charge on any atom is -0.465 e. The molecule has 3 rings (SSSR count). The number of methoxy groups -OCH3 is 2. The largest absolute Gasteiger partial charge is 0.465 e. The molecular weight excluding hydrogens is 450 g/mol. The van der Waals surface area contributed by atoms with Crippen molar-refractivity contribution in [1.82, 2.24) is 0 Å². The molecule has 0 bridgehead atoms. The number of benzene rings is 2. The summed E-state index contributed by atoms with van der Waals surface area (Å²) in [5.41, 5.74) is -0.182. The first-order chi connectivity index (χ1) is 14.8. The fourth-order valence-corrected chi connectivity index (χ4v) is 2.88. The molecule has 172 valence electrons. The van der Waals surface area contributed by atoms with Gasteiger partial charge >= 0.3 is 35.5 Å². The van der Waals surface area contributed by atoms with Crippen LogP contribution in [0, 0.1) is 0 Å². The second-order valence-electron chi connectivity index (χ2n) is 6.58. The van der Waals surface area contributed by atoms with Gasteiger partial charge < -0.3 is 18.9 Å². The maximum atomic E-state index is 15.1. The molecule has 0 aromatic heterocycles. The molecule has 32 heavy (non-hydrogen) atoms. The number of ether oxygens (including phenoxy) is 4. The van der Waals surface area contributed by atoms with E-state index in [2.05, 4.69) is 18.9 Å². The van der Waals surface area contributed by atoms with E-state index in [0.717, 1.165) is 62.8 Å². The number of halogens is 6. The Morgan fingerprint density at radius 3 is 1.12 bits per heavy atom. The van der Waals surface area contributed by atoms with Crippen LogP contribution in [0.4, 0.5) is 26.3 Å². The van der Waals surface area contributed by atoms with Crippen molar-refractivity contribution in [3.63, 3.8) is 0 Å². The van der Waals surface area contributed by atoms with E-state index in [1.165, 1.54) is 0 Å². The molecule has 2 atom stereocenters. The Labute approximate surface area is 176 Å². The second kappa shape index (κ2) is 7.61. The Kier molecular flexibility index (Phi) is 5.52. The quantitative estimate of drug-likeness (QED) is 0.468. The SMILES string of the molecule is COC(=O)c1ccc(O[C@@]2(F)C(F)(F)C(F)(F)[C@@]2(F)Oc2ccc(C(=O)OC)cc2)cc1. The molecule has 1 fully saturated rings. The van der Waals surface area contributed by atoms with E-state index in [-0.39, 0.29) is 11.1 Å². The number of alkyl halides is 6. The molecule has 1 saturated carbocycles. The third-order valence-corrected chi connectivity index (χ3v) is 4.68. The number of rotatable bonds is 6. The first kappa shape index (κ1) is 23.2. The molecule has 0 amide bonds. The average Bonchev–Trinajstić information content (AvgIpc) is 2.78. The van der Waals surface area contributed by atoms with Gasteiger partial charge in [0, 0.05) is 0 Å². The fraction of sp³-hybridized carbons (Fsp3) is 0.300. The van der Waals surface area contributed by atoms with Gasteiger partial charge in [0.25, 0.3) is 0 Å². The standard InChI is InChI=1S/C20H14F6O6/c1-29-15(27)11-3-7-13(8-4-11)31-19(25)17(21,22)18(23,24)20(19,26)32-14-9-5-12(6-10-14)16(28)30-2/h3-10H,1-2H3/t19-,20+. The number of esters is 2. The predicted molar refractivity (Wildman–Crippen MR) is 94.4 cm³/mol. The molecule has 0 saturated heterocycles. The molecule has 0 radical (unpaired) electrons. The highest BCUT2D eigenvalue weighted by Crippen LogP contribution is 2.68. The van der Waals surface area contributed by atoms with Crippen molar-refractivity contribution in [2.24, 2.45) is 0 Å². The predicted octanol–water partition coefficient (Wildman–Crippen LogP) is 4.33. The maximum Gasteiger partial charge on any atom is 0.395 e. The third kappa shape index (κ3) is 3.12. The summed E-state index contributed by atoms with van der Waals surface area (Å²) < 4.78 is 104. The molecule has 2 aromatic rings. The lowest BCUT2D eigenvalue weighted by Crippen LogP contribution is -2.89. The van der Waals surface area contributed by atoms with Crippen molar-refractivity contribution in [3.8, 4) is 11.5 Å². The first-order valence-corrected chi connectivity index (χ1v) is 8.73. The molecule has 0 aliphatic heterocycles. The van der Waals surface area contributed by atoms with E-state index >= 15 is 8.78 Å². The zero-order valence-corrected chi connectivity index (χ0v) is 16.3. The molecule has 0 unspecified atom stereocenters. The van der Waals surface area contributed by atoms with Gasteiger partial charge in [-0.05, 0) is 48.5 Å². The molecule has 1 aliphatic carbocycles. The summed E-state index contributed by atoms with van der Waals surface area (Å²) in [7, 11) is 2.12. The van der Waals surface area contributed by atoms with Gasteiger partial charge in [-0.1, -0.05) is 0 Å². The van der Waals surface area contributed by atoms with E-state index in [1.807, 2.05) is 0 Å². The van der Waals surface area contributed by atoms with E-state index in [1.54, 1.807) is 0 Å². The van der Waals surface area contributed by atoms with Gasteiger partial charge in [-0.25, -0.2) is 9.59 Å². The van der Waals surface area contributed by atoms with Gasteiger partial charge in [0.05, 0.1) is 25.3 Å². The van der Waals surface area contributed by atoms with Crippen LogP contribution in [-0.2, 0) is 9.47 Å². The van der Waals surface area contributed by atoms with Crippen LogP contribution in [0.1, 0.15) is 20.7 Å². The van der Waals surface area contributed by atoms with E-state index in [0.29, 0.717) is 0 Å². The van der Waals surface area contributed by atoms with Crippen LogP contribution < -0.4 is 9.47 Å². The van der Waals surface area contributed by atoms with Crippen LogP contribution in [0.5, 0.6) is 11.5 Å². The second-order valence-corrected chi connectivity index (χ2v) is 6.58. The average molecular weight is 464 g/mol.